The fourth-order valence-corrected chi connectivity index (χ4v) is 3.66. The van der Waals surface area contributed by atoms with Crippen molar-refractivity contribution in [1.82, 2.24) is 15.5 Å². The molecule has 5 amide bonds. The molecule has 3 N–H and O–H groups in total. The summed E-state index contributed by atoms with van der Waals surface area (Å²) in [4.78, 5) is 50.5. The summed E-state index contributed by atoms with van der Waals surface area (Å²) in [5, 5.41) is 7.64. The van der Waals surface area contributed by atoms with Crippen LogP contribution in [0.15, 0.2) is 53.0 Å². The van der Waals surface area contributed by atoms with Gasteiger partial charge in [-0.25, -0.2) is 9.18 Å². The van der Waals surface area contributed by atoms with Gasteiger partial charge in [0.15, 0.2) is 0 Å². The van der Waals surface area contributed by atoms with Gasteiger partial charge in [0.2, 0.25) is 11.8 Å². The van der Waals surface area contributed by atoms with Crippen molar-refractivity contribution in [3.05, 3.63) is 64.4 Å². The maximum absolute atomic E-state index is 13.3. The summed E-state index contributed by atoms with van der Waals surface area (Å²) in [6.45, 7) is 0.827. The molecule has 3 rings (SSSR count). The van der Waals surface area contributed by atoms with Crippen LogP contribution in [-0.4, -0.2) is 41.7 Å². The number of nitrogens with one attached hydrogen (secondary N) is 3. The topological polar surface area (TPSA) is 108 Å². The van der Waals surface area contributed by atoms with Gasteiger partial charge in [0.1, 0.15) is 17.9 Å². The Morgan fingerprint density at radius 1 is 1.10 bits per heavy atom. The number of hydrogen-bond acceptors (Lipinski definition) is 4. The third-order valence-corrected chi connectivity index (χ3v) is 5.63. The van der Waals surface area contributed by atoms with Crippen LogP contribution in [0.25, 0.3) is 0 Å². The largest absolute Gasteiger partial charge is 0.345 e. The Morgan fingerprint density at radius 3 is 2.42 bits per heavy atom. The molecule has 162 valence electrons. The minimum absolute atomic E-state index is 0.218. The van der Waals surface area contributed by atoms with Gasteiger partial charge in [0.25, 0.3) is 5.91 Å². The standard InChI is InChI=1S/C21H20BrFN4O4/c1-2-21(13-7-9-14(23)10-8-13)19(30)27(20(31)26-21)12-18(29)24-11-17(28)25-16-6-4-3-5-15(16)22/h3-10H,2,11-12H2,1H3,(H,24,29)(H,25,28)(H,26,31). The van der Waals surface area contributed by atoms with Crippen molar-refractivity contribution in [2.75, 3.05) is 18.4 Å². The number of anilines is 1. The summed E-state index contributed by atoms with van der Waals surface area (Å²) in [7, 11) is 0. The van der Waals surface area contributed by atoms with Gasteiger partial charge in [-0.3, -0.25) is 19.3 Å². The quantitative estimate of drug-likeness (QED) is 0.518. The van der Waals surface area contributed by atoms with Crippen LogP contribution in [0, 0.1) is 5.82 Å². The van der Waals surface area contributed by atoms with Crippen LogP contribution in [-0.2, 0) is 19.9 Å². The molecule has 0 spiro atoms. The van der Waals surface area contributed by atoms with Gasteiger partial charge in [0.05, 0.1) is 12.2 Å². The summed E-state index contributed by atoms with van der Waals surface area (Å²) >= 11 is 3.31. The smallest absolute Gasteiger partial charge is 0.325 e. The second-order valence-corrected chi connectivity index (χ2v) is 7.75. The molecule has 0 aromatic heterocycles. The normalized spacial score (nSPS) is 18.0. The highest BCUT2D eigenvalue weighted by molar-refractivity contribution is 9.10. The zero-order chi connectivity index (χ0) is 22.6. The highest BCUT2D eigenvalue weighted by atomic mass is 79.9. The van der Waals surface area contributed by atoms with Crippen molar-refractivity contribution in [2.24, 2.45) is 0 Å². The molecule has 1 unspecified atom stereocenters. The average molecular weight is 491 g/mol. The molecule has 1 aliphatic heterocycles. The Bertz CT molecular complexity index is 1030. The molecule has 2 aromatic carbocycles. The van der Waals surface area contributed by atoms with Crippen LogP contribution in [0.2, 0.25) is 0 Å². The van der Waals surface area contributed by atoms with Gasteiger partial charge in [-0.15, -0.1) is 0 Å². The highest BCUT2D eigenvalue weighted by Crippen LogP contribution is 2.32. The van der Waals surface area contributed by atoms with Gasteiger partial charge in [-0.1, -0.05) is 31.2 Å². The van der Waals surface area contributed by atoms with E-state index >= 15 is 0 Å². The predicted octanol–water partition coefficient (Wildman–Crippen LogP) is 2.50. The van der Waals surface area contributed by atoms with Gasteiger partial charge in [0, 0.05) is 4.47 Å². The van der Waals surface area contributed by atoms with E-state index in [0.29, 0.717) is 15.7 Å². The monoisotopic (exact) mass is 490 g/mol. The molecule has 1 saturated heterocycles. The molecule has 1 atom stereocenters. The molecule has 0 aliphatic carbocycles. The lowest BCUT2D eigenvalue weighted by atomic mass is 9.87. The van der Waals surface area contributed by atoms with Crippen molar-refractivity contribution < 1.29 is 23.6 Å². The Kier molecular flexibility index (Phi) is 6.69. The number of nitrogens with zero attached hydrogens (tertiary/aromatic N) is 1. The summed E-state index contributed by atoms with van der Waals surface area (Å²) < 4.78 is 13.9. The van der Waals surface area contributed by atoms with E-state index in [0.717, 1.165) is 4.90 Å². The molecule has 0 radical (unpaired) electrons. The molecule has 1 aliphatic rings. The Hall–Kier alpha value is -3.27. The molecule has 0 bridgehead atoms. The first-order chi connectivity index (χ1) is 14.8. The lowest BCUT2D eigenvalue weighted by Crippen LogP contribution is -2.45. The minimum Gasteiger partial charge on any atom is -0.345 e. The van der Waals surface area contributed by atoms with E-state index in [2.05, 4.69) is 31.9 Å². The summed E-state index contributed by atoms with van der Waals surface area (Å²) in [5.74, 6) is -2.22. The summed E-state index contributed by atoms with van der Waals surface area (Å²) in [6.07, 6.45) is 0.218. The zero-order valence-electron chi connectivity index (χ0n) is 16.6. The number of amides is 5. The molecule has 1 heterocycles. The molecule has 31 heavy (non-hydrogen) atoms. The third kappa shape index (κ3) is 4.74. The second kappa shape index (κ2) is 9.25. The Labute approximate surface area is 186 Å². The molecule has 0 saturated carbocycles. The van der Waals surface area contributed by atoms with Crippen LogP contribution < -0.4 is 16.0 Å². The third-order valence-electron chi connectivity index (χ3n) is 4.94. The minimum atomic E-state index is -1.37. The van der Waals surface area contributed by atoms with Crippen molar-refractivity contribution in [2.45, 2.75) is 18.9 Å². The van der Waals surface area contributed by atoms with E-state index in [-0.39, 0.29) is 13.0 Å². The maximum Gasteiger partial charge on any atom is 0.325 e. The van der Waals surface area contributed by atoms with Crippen molar-refractivity contribution >= 4 is 45.4 Å². The van der Waals surface area contributed by atoms with Crippen LogP contribution >= 0.6 is 15.9 Å². The van der Waals surface area contributed by atoms with E-state index in [1.807, 2.05) is 0 Å². The molecular weight excluding hydrogens is 471 g/mol. The van der Waals surface area contributed by atoms with E-state index in [9.17, 15) is 23.6 Å². The second-order valence-electron chi connectivity index (χ2n) is 6.89. The predicted molar refractivity (Wildman–Crippen MR) is 114 cm³/mol. The number of benzene rings is 2. The number of imide groups is 1. The number of carbonyl (C=O) groups is 4. The average Bonchev–Trinajstić information content (AvgIpc) is 2.99. The van der Waals surface area contributed by atoms with E-state index in [1.54, 1.807) is 31.2 Å². The Morgan fingerprint density at radius 2 is 1.77 bits per heavy atom. The van der Waals surface area contributed by atoms with Gasteiger partial charge in [-0.05, 0) is 52.2 Å². The van der Waals surface area contributed by atoms with E-state index in [1.165, 1.54) is 24.3 Å². The van der Waals surface area contributed by atoms with Gasteiger partial charge >= 0.3 is 6.03 Å². The molecule has 2 aromatic rings. The number of carbonyl (C=O) groups excluding carboxylic acids is 4. The number of halogens is 2. The SMILES string of the molecule is CCC1(c2ccc(F)cc2)NC(=O)N(CC(=O)NCC(=O)Nc2ccccc2Br)C1=O. The maximum atomic E-state index is 13.3. The lowest BCUT2D eigenvalue weighted by molar-refractivity contribution is -0.135. The number of para-hydroxylation sites is 1. The van der Waals surface area contributed by atoms with Crippen LogP contribution in [0.1, 0.15) is 18.9 Å². The fourth-order valence-electron chi connectivity index (χ4n) is 3.28. The van der Waals surface area contributed by atoms with E-state index in [4.69, 9.17) is 0 Å². The van der Waals surface area contributed by atoms with Crippen molar-refractivity contribution in [1.29, 1.82) is 0 Å². The van der Waals surface area contributed by atoms with E-state index < -0.39 is 41.7 Å². The summed E-state index contributed by atoms with van der Waals surface area (Å²) in [6, 6.07) is 11.5. The van der Waals surface area contributed by atoms with Crippen LogP contribution in [0.5, 0.6) is 0 Å². The molecular formula is C21H20BrFN4O4. The van der Waals surface area contributed by atoms with Gasteiger partial charge in [-0.2, -0.15) is 0 Å². The first-order valence-electron chi connectivity index (χ1n) is 9.48. The molecule has 10 heteroatoms. The number of hydrogen-bond donors (Lipinski definition) is 3. The molecule has 1 fully saturated rings. The number of rotatable bonds is 7. The first-order valence-corrected chi connectivity index (χ1v) is 10.3. The fraction of sp³-hybridized carbons (Fsp3) is 0.238. The zero-order valence-corrected chi connectivity index (χ0v) is 18.2. The lowest BCUT2D eigenvalue weighted by Gasteiger charge is -2.25. The van der Waals surface area contributed by atoms with Crippen molar-refractivity contribution in [3.63, 3.8) is 0 Å². The van der Waals surface area contributed by atoms with Crippen molar-refractivity contribution in [3.8, 4) is 0 Å². The molecule has 8 nitrogen and oxygen atoms in total. The van der Waals surface area contributed by atoms with Gasteiger partial charge < -0.3 is 16.0 Å². The number of urea groups is 1. The highest BCUT2D eigenvalue weighted by Gasteiger charge is 2.51. The Balaban J connectivity index is 1.61. The van der Waals surface area contributed by atoms with Crippen LogP contribution in [0.3, 0.4) is 0 Å². The first kappa shape index (κ1) is 22.4. The summed E-state index contributed by atoms with van der Waals surface area (Å²) in [5.41, 5.74) is -0.407. The van der Waals surface area contributed by atoms with Crippen LogP contribution in [0.4, 0.5) is 14.9 Å².